The second kappa shape index (κ2) is 45.6. The van der Waals surface area contributed by atoms with Crippen molar-refractivity contribution in [2.24, 2.45) is 5.10 Å². The van der Waals surface area contributed by atoms with E-state index in [-0.39, 0.29) is 24.0 Å². The number of hydrogen-bond acceptors (Lipinski definition) is 7. The van der Waals surface area contributed by atoms with Gasteiger partial charge in [0.2, 0.25) is 0 Å². The van der Waals surface area contributed by atoms with Gasteiger partial charge >= 0.3 is 11.9 Å². The highest BCUT2D eigenvalue weighted by atomic mass is 16.7. The summed E-state index contributed by atoms with van der Waals surface area (Å²) in [6, 6.07) is 0. The lowest BCUT2D eigenvalue weighted by molar-refractivity contribution is -0.485. The predicted octanol–water partition coefficient (Wildman–Crippen LogP) is 13.5. The zero-order valence-corrected chi connectivity index (χ0v) is 40.8. The van der Waals surface area contributed by atoms with Crippen molar-refractivity contribution >= 4 is 17.9 Å². The highest BCUT2D eigenvalue weighted by molar-refractivity contribution is 5.78. The summed E-state index contributed by atoms with van der Waals surface area (Å²) >= 11 is 0. The van der Waals surface area contributed by atoms with E-state index < -0.39 is 5.03 Å². The number of guanidine groups is 1. The number of nitro groups is 1. The van der Waals surface area contributed by atoms with E-state index in [0.717, 1.165) is 110 Å². The van der Waals surface area contributed by atoms with E-state index in [9.17, 15) is 19.7 Å². The van der Waals surface area contributed by atoms with Crippen LogP contribution in [0.25, 0.3) is 0 Å². The Hall–Kier alpha value is -2.43. The number of carbonyl (C=O) groups excluding carboxylic acids is 2. The number of hydrogen-bond donors (Lipinski definition) is 1. The molecule has 0 rings (SSSR count). The molecule has 0 aliphatic heterocycles. The zero-order chi connectivity index (χ0) is 44.9. The van der Waals surface area contributed by atoms with Gasteiger partial charge in [0, 0.05) is 33.5 Å². The maximum Gasteiger partial charge on any atom is 0.306 e. The Morgan fingerprint density at radius 2 is 0.934 bits per heavy atom. The van der Waals surface area contributed by atoms with Crippen molar-refractivity contribution in [1.29, 1.82) is 0 Å². The monoisotopic (exact) mass is 866 g/mol. The number of esters is 2. The minimum absolute atomic E-state index is 0.00278. The first-order chi connectivity index (χ1) is 29.7. The van der Waals surface area contributed by atoms with Crippen LogP contribution in [-0.2, 0) is 19.1 Å². The van der Waals surface area contributed by atoms with Crippen LogP contribution >= 0.6 is 0 Å². The molecule has 1 N–H and O–H groups in total. The molecule has 360 valence electrons. The van der Waals surface area contributed by atoms with Crippen LogP contribution in [0.4, 0.5) is 0 Å². The van der Waals surface area contributed by atoms with Gasteiger partial charge in [-0.2, -0.15) is 0 Å². The molecular weight excluding hydrogens is 767 g/mol. The highest BCUT2D eigenvalue weighted by Crippen LogP contribution is 2.19. The molecule has 11 heteroatoms. The molecule has 61 heavy (non-hydrogen) atoms. The number of unbranched alkanes of at least 4 members (excludes halogenated alkanes) is 26. The predicted molar refractivity (Wildman–Crippen MR) is 257 cm³/mol. The topological polar surface area (TPSA) is 127 Å². The summed E-state index contributed by atoms with van der Waals surface area (Å²) in [5.74, 6) is 0.219. The quantitative estimate of drug-likeness (QED) is 0.0159. The fourth-order valence-corrected chi connectivity index (χ4v) is 7.95. The smallest absolute Gasteiger partial charge is 0.306 e. The molecule has 0 aromatic heterocycles. The van der Waals surface area contributed by atoms with E-state index in [1.165, 1.54) is 128 Å². The maximum absolute atomic E-state index is 12.9. The van der Waals surface area contributed by atoms with E-state index in [1.807, 2.05) is 0 Å². The molecule has 0 saturated heterocycles. The highest BCUT2D eigenvalue weighted by Gasteiger charge is 2.15. The standard InChI is InChI=1S/C50H99N5O6/c1-6-9-12-15-18-24-31-39-47(38-30-23-17-14-11-8-3)61-49(57)41-33-25-19-20-27-34-43-54(45-37-42-51-50(53(4)5)52-55(58)59)44-35-28-22-26-32-40-48(56)60-46-36-29-21-16-13-10-7-2/h47H,6-46H2,1-5H3,(H,51,52). The summed E-state index contributed by atoms with van der Waals surface area (Å²) in [6.45, 7) is 10.9. The van der Waals surface area contributed by atoms with Crippen molar-refractivity contribution < 1.29 is 24.1 Å². The minimum Gasteiger partial charge on any atom is -0.466 e. The van der Waals surface area contributed by atoms with Crippen LogP contribution in [0.3, 0.4) is 0 Å². The number of hydrazone groups is 1. The van der Waals surface area contributed by atoms with Gasteiger partial charge in [-0.15, -0.1) is 0 Å². The second-order valence-electron chi connectivity index (χ2n) is 18.0. The van der Waals surface area contributed by atoms with E-state index in [0.29, 0.717) is 26.0 Å². The van der Waals surface area contributed by atoms with Crippen molar-refractivity contribution in [2.45, 2.75) is 258 Å². The van der Waals surface area contributed by atoms with Crippen LogP contribution in [0.1, 0.15) is 252 Å². The van der Waals surface area contributed by atoms with Crippen LogP contribution in [-0.4, -0.2) is 85.7 Å². The van der Waals surface area contributed by atoms with Crippen molar-refractivity contribution in [3.8, 4) is 0 Å². The lowest BCUT2D eigenvalue weighted by atomic mass is 10.0. The first kappa shape index (κ1) is 58.6. The SMILES string of the molecule is CCCCCCCCCOC(=O)CCCCCCCN(CCCCCCCCC(=O)OC(CCCCCCCC)CCCCCCCCC)CCCN/C(=N/[N+](=O)[O-])N(C)C. The minimum atomic E-state index is -0.660. The first-order valence-electron chi connectivity index (χ1n) is 25.9. The van der Waals surface area contributed by atoms with Gasteiger partial charge in [-0.25, -0.2) is 10.1 Å². The zero-order valence-electron chi connectivity index (χ0n) is 40.8. The molecule has 0 radical (unpaired) electrons. The molecule has 0 saturated carbocycles. The van der Waals surface area contributed by atoms with Crippen LogP contribution < -0.4 is 5.32 Å². The number of ether oxygens (including phenoxy) is 2. The van der Waals surface area contributed by atoms with Crippen LogP contribution in [0.15, 0.2) is 5.10 Å². The fraction of sp³-hybridized carbons (Fsp3) is 0.940. The van der Waals surface area contributed by atoms with Crippen molar-refractivity contribution in [1.82, 2.24) is 15.1 Å². The molecule has 0 spiro atoms. The number of nitrogens with one attached hydrogen (secondary N) is 1. The van der Waals surface area contributed by atoms with Crippen molar-refractivity contribution in [2.75, 3.05) is 46.9 Å². The average molecular weight is 866 g/mol. The van der Waals surface area contributed by atoms with E-state index >= 15 is 0 Å². The van der Waals surface area contributed by atoms with Crippen LogP contribution in [0.5, 0.6) is 0 Å². The Morgan fingerprint density at radius 3 is 1.39 bits per heavy atom. The van der Waals surface area contributed by atoms with Gasteiger partial charge in [0.25, 0.3) is 5.96 Å². The molecule has 0 aromatic rings. The molecule has 0 aromatic carbocycles. The third kappa shape index (κ3) is 42.6. The lowest BCUT2D eigenvalue weighted by Crippen LogP contribution is -2.38. The Morgan fingerprint density at radius 1 is 0.541 bits per heavy atom. The summed E-state index contributed by atoms with van der Waals surface area (Å²) in [5.41, 5.74) is 0. The van der Waals surface area contributed by atoms with Crippen LogP contribution in [0, 0.1) is 10.1 Å². The summed E-state index contributed by atoms with van der Waals surface area (Å²) < 4.78 is 11.5. The number of carbonyl (C=O) groups is 2. The van der Waals surface area contributed by atoms with Crippen molar-refractivity contribution in [3.05, 3.63) is 10.1 Å². The molecule has 0 amide bonds. The Kier molecular flexibility index (Phi) is 43.8. The Bertz CT molecular complexity index is 1030. The van der Waals surface area contributed by atoms with E-state index in [4.69, 9.17) is 9.47 Å². The lowest BCUT2D eigenvalue weighted by Gasteiger charge is -2.23. The Labute approximate surface area is 376 Å². The van der Waals surface area contributed by atoms with Gasteiger partial charge in [-0.05, 0) is 83.8 Å². The number of nitrogens with zero attached hydrogens (tertiary/aromatic N) is 4. The molecule has 0 heterocycles. The molecule has 0 aliphatic carbocycles. The number of rotatable bonds is 46. The van der Waals surface area contributed by atoms with Gasteiger partial charge in [0.15, 0.2) is 5.03 Å². The molecule has 11 nitrogen and oxygen atoms in total. The summed E-state index contributed by atoms with van der Waals surface area (Å²) in [7, 11) is 3.50. The van der Waals surface area contributed by atoms with Gasteiger partial charge < -0.3 is 24.6 Å². The largest absolute Gasteiger partial charge is 0.466 e. The van der Waals surface area contributed by atoms with E-state index in [2.05, 4.69) is 36.1 Å². The Balaban J connectivity index is 4.52. The third-order valence-electron chi connectivity index (χ3n) is 11.8. The third-order valence-corrected chi connectivity index (χ3v) is 11.8. The fourth-order valence-electron chi connectivity index (χ4n) is 7.95. The molecule has 1 unspecified atom stereocenters. The average Bonchev–Trinajstić information content (AvgIpc) is 3.23. The van der Waals surface area contributed by atoms with Gasteiger partial charge in [-0.1, -0.05) is 175 Å². The van der Waals surface area contributed by atoms with E-state index in [1.54, 1.807) is 19.0 Å². The molecule has 0 fully saturated rings. The molecule has 0 aliphatic rings. The van der Waals surface area contributed by atoms with Crippen LogP contribution in [0.2, 0.25) is 0 Å². The normalized spacial score (nSPS) is 12.2. The second-order valence-corrected chi connectivity index (χ2v) is 18.0. The molecular formula is C50H99N5O6. The van der Waals surface area contributed by atoms with Crippen molar-refractivity contribution in [3.63, 3.8) is 0 Å². The summed E-state index contributed by atoms with van der Waals surface area (Å²) in [6.07, 6.45) is 41.2. The molecule has 0 bridgehead atoms. The van der Waals surface area contributed by atoms with Gasteiger partial charge in [0.1, 0.15) is 11.2 Å². The maximum atomic E-state index is 12.9. The van der Waals surface area contributed by atoms with Gasteiger partial charge in [-0.3, -0.25) is 9.59 Å². The van der Waals surface area contributed by atoms with Gasteiger partial charge in [0.05, 0.1) is 6.61 Å². The first-order valence-corrected chi connectivity index (χ1v) is 25.9. The summed E-state index contributed by atoms with van der Waals surface area (Å²) in [5, 5.41) is 16.9. The summed E-state index contributed by atoms with van der Waals surface area (Å²) in [4.78, 5) is 40.1. The molecule has 1 atom stereocenters.